The van der Waals surface area contributed by atoms with Crippen molar-refractivity contribution in [1.82, 2.24) is 19.6 Å². The molecule has 0 amide bonds. The van der Waals surface area contributed by atoms with Crippen molar-refractivity contribution in [2.45, 2.75) is 38.8 Å². The van der Waals surface area contributed by atoms with Crippen LogP contribution in [0.1, 0.15) is 54.7 Å². The van der Waals surface area contributed by atoms with Crippen molar-refractivity contribution in [1.29, 1.82) is 0 Å². The maximum absolute atomic E-state index is 16.2. The summed E-state index contributed by atoms with van der Waals surface area (Å²) >= 11 is 14.5. The first kappa shape index (κ1) is 47.8. The van der Waals surface area contributed by atoms with Crippen molar-refractivity contribution in [3.8, 4) is 79.4 Å². The van der Waals surface area contributed by atoms with Gasteiger partial charge in [-0.25, -0.2) is 19.3 Å². The predicted molar refractivity (Wildman–Crippen MR) is 282 cm³/mol. The van der Waals surface area contributed by atoms with Gasteiger partial charge in [-0.15, -0.1) is 0 Å². The number of aliphatic imine (C=N–C) groups is 2. The number of aromatic nitrogens is 4. The van der Waals surface area contributed by atoms with E-state index < -0.39 is 11.1 Å². The van der Waals surface area contributed by atoms with E-state index in [1.54, 1.807) is 52.7 Å². The van der Waals surface area contributed by atoms with E-state index in [9.17, 15) is 0 Å². The molecular weight excluding hydrogens is 952 g/mol. The fourth-order valence-corrected chi connectivity index (χ4v) is 9.31. The van der Waals surface area contributed by atoms with Crippen molar-refractivity contribution < 1.29 is 33.2 Å². The van der Waals surface area contributed by atoms with Crippen molar-refractivity contribution in [3.63, 3.8) is 0 Å². The highest BCUT2D eigenvalue weighted by molar-refractivity contribution is 6.37. The molecule has 72 heavy (non-hydrogen) atoms. The Morgan fingerprint density at radius 2 is 0.819 bits per heavy atom. The SMILES string of the molecule is COc1ccc(-c2cc(-c3c(C(=O)c4ccc(Cl)c(C5=NC(C)(C)CO5)c4-c4cc(-c5ccc(OC)cc5)n(-c5ccc(OC)cc5)n4)ccc(Cl)c3C3=NC(C)(C)CO3)nn2-c2ccc(OC)cc2)cc1. The summed E-state index contributed by atoms with van der Waals surface area (Å²) in [5, 5.41) is 11.2. The number of ether oxygens (including phenoxy) is 6. The Morgan fingerprint density at radius 1 is 0.486 bits per heavy atom. The van der Waals surface area contributed by atoms with Gasteiger partial charge < -0.3 is 28.4 Å². The number of nitrogens with zero attached hydrogens (tertiary/aromatic N) is 6. The summed E-state index contributed by atoms with van der Waals surface area (Å²) < 4.78 is 38.4. The number of methoxy groups -OCH3 is 4. The summed E-state index contributed by atoms with van der Waals surface area (Å²) in [6.45, 7) is 8.50. The molecule has 0 fully saturated rings. The Labute approximate surface area is 427 Å². The van der Waals surface area contributed by atoms with Gasteiger partial charge in [0.1, 0.15) is 36.2 Å². The maximum Gasteiger partial charge on any atom is 0.219 e. The number of ketones is 1. The van der Waals surface area contributed by atoms with Crippen LogP contribution < -0.4 is 18.9 Å². The Balaban J connectivity index is 1.24. The second kappa shape index (κ2) is 19.0. The monoisotopic (exact) mass is 1000 g/mol. The van der Waals surface area contributed by atoms with Crippen molar-refractivity contribution >= 4 is 40.8 Å². The van der Waals surface area contributed by atoms with Gasteiger partial charge in [-0.2, -0.15) is 10.2 Å². The Bertz CT molecular complexity index is 3080. The van der Waals surface area contributed by atoms with Gasteiger partial charge in [0.25, 0.3) is 0 Å². The molecule has 0 saturated heterocycles. The van der Waals surface area contributed by atoms with E-state index in [1.165, 1.54) is 0 Å². The van der Waals surface area contributed by atoms with E-state index in [-0.39, 0.29) is 28.7 Å². The molecule has 364 valence electrons. The molecule has 2 aliphatic heterocycles. The lowest BCUT2D eigenvalue weighted by Gasteiger charge is -2.18. The fraction of sp³-hybridized carbons (Fsp3) is 0.211. The van der Waals surface area contributed by atoms with E-state index >= 15 is 4.79 Å². The molecule has 0 atom stereocenters. The van der Waals surface area contributed by atoms with Crippen LogP contribution in [0, 0.1) is 0 Å². The fourth-order valence-electron chi connectivity index (χ4n) is 8.84. The van der Waals surface area contributed by atoms with Crippen LogP contribution in [0.3, 0.4) is 0 Å². The zero-order chi connectivity index (χ0) is 50.5. The first-order valence-electron chi connectivity index (χ1n) is 23.1. The largest absolute Gasteiger partial charge is 0.497 e. The number of hydrogen-bond acceptors (Lipinski definition) is 11. The van der Waals surface area contributed by atoms with Crippen LogP contribution in [-0.2, 0) is 9.47 Å². The van der Waals surface area contributed by atoms with Crippen LogP contribution in [0.4, 0.5) is 0 Å². The van der Waals surface area contributed by atoms with Crippen LogP contribution in [0.2, 0.25) is 10.0 Å². The number of carbonyl (C=O) groups excluding carboxylic acids is 1. The average Bonchev–Trinajstić information content (AvgIpc) is 4.21. The zero-order valence-electron chi connectivity index (χ0n) is 40.9. The average molecular weight is 1000 g/mol. The van der Waals surface area contributed by atoms with Gasteiger partial charge in [0, 0.05) is 33.4 Å². The number of rotatable bonds is 14. The molecule has 0 saturated carbocycles. The van der Waals surface area contributed by atoms with Crippen LogP contribution in [0.5, 0.6) is 23.0 Å². The number of hydrogen-bond donors (Lipinski definition) is 0. The number of halogens is 2. The van der Waals surface area contributed by atoms with E-state index in [0.717, 1.165) is 33.9 Å². The number of carbonyl (C=O) groups is 1. The summed E-state index contributed by atoms with van der Waals surface area (Å²) in [6, 6.07) is 41.2. The quantitative estimate of drug-likeness (QED) is 0.0976. The minimum Gasteiger partial charge on any atom is -0.497 e. The number of benzene rings is 6. The second-order valence-electron chi connectivity index (χ2n) is 18.6. The summed E-state index contributed by atoms with van der Waals surface area (Å²) in [6.07, 6.45) is 0. The maximum atomic E-state index is 16.2. The topological polar surface area (TPSA) is 133 Å². The minimum atomic E-state index is -0.578. The predicted octanol–water partition coefficient (Wildman–Crippen LogP) is 12.4. The summed E-state index contributed by atoms with van der Waals surface area (Å²) in [7, 11) is 6.49. The van der Waals surface area contributed by atoms with Crippen LogP contribution in [-0.4, -0.2) is 89.9 Å². The Morgan fingerprint density at radius 3 is 1.12 bits per heavy atom. The molecule has 0 spiro atoms. The molecule has 6 aromatic carbocycles. The molecule has 0 unspecified atom stereocenters. The first-order chi connectivity index (χ1) is 34.7. The van der Waals surface area contributed by atoms with Gasteiger partial charge in [0.05, 0.1) is 94.8 Å². The summed E-state index contributed by atoms with van der Waals surface area (Å²) in [5.41, 5.74) is 6.48. The molecule has 0 bridgehead atoms. The second-order valence-corrected chi connectivity index (χ2v) is 19.4. The molecule has 0 radical (unpaired) electrons. The smallest absolute Gasteiger partial charge is 0.219 e. The Kier molecular flexibility index (Phi) is 12.6. The molecule has 0 N–H and O–H groups in total. The third-order valence-electron chi connectivity index (χ3n) is 12.5. The summed E-state index contributed by atoms with van der Waals surface area (Å²) in [4.78, 5) is 26.2. The molecule has 13 nitrogen and oxygen atoms in total. The van der Waals surface area contributed by atoms with Gasteiger partial charge in [-0.3, -0.25) is 4.79 Å². The van der Waals surface area contributed by atoms with Crippen molar-refractivity contribution in [2.75, 3.05) is 41.7 Å². The highest BCUT2D eigenvalue weighted by Gasteiger charge is 2.36. The molecule has 0 aliphatic carbocycles. The minimum absolute atomic E-state index is 0.264. The van der Waals surface area contributed by atoms with E-state index in [0.29, 0.717) is 79.9 Å². The van der Waals surface area contributed by atoms with Crippen molar-refractivity contribution in [2.24, 2.45) is 9.98 Å². The van der Waals surface area contributed by atoms with Gasteiger partial charge in [0.2, 0.25) is 11.8 Å². The van der Waals surface area contributed by atoms with Crippen LogP contribution in [0.15, 0.2) is 143 Å². The van der Waals surface area contributed by atoms with Gasteiger partial charge in [0.15, 0.2) is 5.78 Å². The third-order valence-corrected chi connectivity index (χ3v) is 13.1. The lowest BCUT2D eigenvalue weighted by Crippen LogP contribution is -2.17. The lowest BCUT2D eigenvalue weighted by atomic mass is 9.88. The molecular formula is C57H50Cl2N6O7. The van der Waals surface area contributed by atoms with Crippen LogP contribution in [0.25, 0.3) is 56.4 Å². The van der Waals surface area contributed by atoms with Gasteiger partial charge in [-0.05, 0) is 161 Å². The van der Waals surface area contributed by atoms with Crippen molar-refractivity contribution in [3.05, 3.63) is 166 Å². The molecule has 4 heterocycles. The van der Waals surface area contributed by atoms with Gasteiger partial charge in [-0.1, -0.05) is 23.2 Å². The summed E-state index contributed by atoms with van der Waals surface area (Å²) in [5.74, 6) is 2.94. The highest BCUT2D eigenvalue weighted by atomic mass is 35.5. The highest BCUT2D eigenvalue weighted by Crippen LogP contribution is 2.43. The zero-order valence-corrected chi connectivity index (χ0v) is 42.4. The van der Waals surface area contributed by atoms with E-state index in [2.05, 4.69) is 0 Å². The molecule has 10 rings (SSSR count). The third kappa shape index (κ3) is 9.05. The molecule has 2 aromatic heterocycles. The lowest BCUT2D eigenvalue weighted by molar-refractivity contribution is 0.104. The van der Waals surface area contributed by atoms with Gasteiger partial charge >= 0.3 is 0 Å². The molecule has 2 aliphatic rings. The normalized spacial score (nSPS) is 14.5. The Hall–Kier alpha value is -7.87. The van der Waals surface area contributed by atoms with Crippen LogP contribution >= 0.6 is 23.2 Å². The molecule has 8 aromatic rings. The first-order valence-corrected chi connectivity index (χ1v) is 23.9. The van der Waals surface area contributed by atoms with E-state index in [4.69, 9.17) is 71.8 Å². The standard InChI is InChI=1S/C57H50Cl2N6O7/c1-56(2)31-71-54(60-56)51-43(58)27-25-41(49(51)45-29-47(33-9-17-37(67-5)18-10-33)64(62-45)35-13-21-39(69-7)22-14-35)53(66)42-26-28-44(59)52(55-61-57(3,4)32-72-55)50(42)46-30-48(34-11-19-38(68-6)20-12-34)65(63-46)36-15-23-40(70-8)24-16-36/h9-30H,31-32H2,1-8H3. The van der Waals surface area contributed by atoms with E-state index in [1.807, 2.05) is 146 Å². The molecule has 15 heteroatoms.